The summed E-state index contributed by atoms with van der Waals surface area (Å²) in [6.07, 6.45) is 3.11. The quantitative estimate of drug-likeness (QED) is 0.840. The molecule has 2 atom stereocenters. The third-order valence-electron chi connectivity index (χ3n) is 6.36. The average molecular weight is 410 g/mol. The Morgan fingerprint density at radius 1 is 1.23 bits per heavy atom. The Balaban J connectivity index is 1.64. The molecule has 2 amide bonds. The van der Waals surface area contributed by atoms with Gasteiger partial charge in [0.05, 0.1) is 19.1 Å². The van der Waals surface area contributed by atoms with E-state index in [1.807, 2.05) is 24.3 Å². The minimum Gasteiger partial charge on any atom is -0.497 e. The predicted molar refractivity (Wildman–Crippen MR) is 112 cm³/mol. The van der Waals surface area contributed by atoms with E-state index in [-0.39, 0.29) is 30.0 Å². The van der Waals surface area contributed by atoms with Gasteiger partial charge in [0.15, 0.2) is 0 Å². The maximum Gasteiger partial charge on any atom is 0.227 e. The predicted octanol–water partition coefficient (Wildman–Crippen LogP) is 3.43. The normalized spacial score (nSPS) is 23.9. The molecule has 5 nitrogen and oxygen atoms in total. The van der Waals surface area contributed by atoms with Crippen LogP contribution in [-0.2, 0) is 16.0 Å². The summed E-state index contributed by atoms with van der Waals surface area (Å²) in [5.74, 6) is 0.247. The Morgan fingerprint density at radius 2 is 2.07 bits per heavy atom. The van der Waals surface area contributed by atoms with Gasteiger partial charge in [-0.2, -0.15) is 0 Å². The zero-order valence-corrected chi connectivity index (χ0v) is 17.2. The molecule has 0 unspecified atom stereocenters. The highest BCUT2D eigenvalue weighted by Gasteiger charge is 2.49. The molecule has 2 aliphatic heterocycles. The van der Waals surface area contributed by atoms with Gasteiger partial charge in [-0.25, -0.2) is 4.39 Å². The van der Waals surface area contributed by atoms with Gasteiger partial charge in [0.25, 0.3) is 0 Å². The van der Waals surface area contributed by atoms with Crippen molar-refractivity contribution in [1.82, 2.24) is 10.2 Å². The van der Waals surface area contributed by atoms with Crippen LogP contribution in [0.4, 0.5) is 4.39 Å². The van der Waals surface area contributed by atoms with Gasteiger partial charge in [0, 0.05) is 25.4 Å². The van der Waals surface area contributed by atoms with Gasteiger partial charge in [0.2, 0.25) is 11.8 Å². The molecule has 30 heavy (non-hydrogen) atoms. The lowest BCUT2D eigenvalue weighted by atomic mass is 9.79. The third kappa shape index (κ3) is 4.04. The van der Waals surface area contributed by atoms with Crippen molar-refractivity contribution < 1.29 is 18.7 Å². The second-order valence-electron chi connectivity index (χ2n) is 8.28. The number of amides is 2. The highest BCUT2D eigenvalue weighted by atomic mass is 19.1. The first-order chi connectivity index (χ1) is 14.5. The molecular formula is C24H27FN2O3. The lowest BCUT2D eigenvalue weighted by Gasteiger charge is -2.34. The van der Waals surface area contributed by atoms with Gasteiger partial charge in [-0.15, -0.1) is 0 Å². The first kappa shape index (κ1) is 20.4. The first-order valence-electron chi connectivity index (χ1n) is 10.5. The summed E-state index contributed by atoms with van der Waals surface area (Å²) in [6, 6.07) is 14.2. The van der Waals surface area contributed by atoms with Gasteiger partial charge in [-0.05, 0) is 42.2 Å². The summed E-state index contributed by atoms with van der Waals surface area (Å²) >= 11 is 0. The fraction of sp³-hybridized carbons (Fsp3) is 0.417. The zero-order chi connectivity index (χ0) is 21.1. The molecule has 158 valence electrons. The molecule has 4 rings (SSSR count). The van der Waals surface area contributed by atoms with E-state index in [4.69, 9.17) is 4.74 Å². The summed E-state index contributed by atoms with van der Waals surface area (Å²) in [4.78, 5) is 27.3. The van der Waals surface area contributed by atoms with Crippen LogP contribution < -0.4 is 10.1 Å². The van der Waals surface area contributed by atoms with Crippen LogP contribution in [0.3, 0.4) is 0 Å². The van der Waals surface area contributed by atoms with Crippen LogP contribution in [0.25, 0.3) is 0 Å². The fourth-order valence-corrected chi connectivity index (χ4v) is 4.81. The van der Waals surface area contributed by atoms with Crippen LogP contribution >= 0.6 is 0 Å². The maximum absolute atomic E-state index is 14.1. The number of benzene rings is 2. The van der Waals surface area contributed by atoms with Crippen LogP contribution in [-0.4, -0.2) is 42.5 Å². The van der Waals surface area contributed by atoms with E-state index in [1.54, 1.807) is 30.2 Å². The second kappa shape index (κ2) is 8.46. The van der Waals surface area contributed by atoms with Gasteiger partial charge in [-0.1, -0.05) is 36.8 Å². The van der Waals surface area contributed by atoms with Gasteiger partial charge < -0.3 is 15.0 Å². The standard InChI is InChI=1S/C24H27FN2O3/c1-30-19-9-6-8-17(13-19)20-15-27(16-24(20)12-5-4-11-22(28)26-24)23(29)14-18-7-2-3-10-21(18)25/h2-3,6-10,13,20H,4-5,11-12,14-16H2,1H3,(H,26,28)/t20-,24+/m0/s1. The van der Waals surface area contributed by atoms with E-state index in [0.717, 1.165) is 30.6 Å². The average Bonchev–Trinajstić information content (AvgIpc) is 3.01. The Bertz CT molecular complexity index is 948. The van der Waals surface area contributed by atoms with E-state index in [9.17, 15) is 14.0 Å². The molecule has 0 bridgehead atoms. The largest absolute Gasteiger partial charge is 0.497 e. The first-order valence-corrected chi connectivity index (χ1v) is 10.5. The number of nitrogens with zero attached hydrogens (tertiary/aromatic N) is 1. The van der Waals surface area contributed by atoms with Gasteiger partial charge in [-0.3, -0.25) is 9.59 Å². The Morgan fingerprint density at radius 3 is 2.87 bits per heavy atom. The minimum atomic E-state index is -0.509. The number of hydrogen-bond acceptors (Lipinski definition) is 3. The third-order valence-corrected chi connectivity index (χ3v) is 6.36. The summed E-state index contributed by atoms with van der Waals surface area (Å²) in [7, 11) is 1.63. The van der Waals surface area contributed by atoms with Crippen LogP contribution in [0.2, 0.25) is 0 Å². The number of halogens is 1. The Hall–Kier alpha value is -2.89. The Labute approximate surface area is 176 Å². The molecule has 1 spiro atoms. The number of carbonyl (C=O) groups excluding carboxylic acids is 2. The number of rotatable bonds is 4. The van der Waals surface area contributed by atoms with Crippen molar-refractivity contribution in [2.45, 2.75) is 43.6 Å². The SMILES string of the molecule is COc1cccc([C@@H]2CN(C(=O)Cc3ccccc3F)C[C@]23CCCCC(=O)N3)c1. The molecule has 2 fully saturated rings. The molecular weight excluding hydrogens is 383 g/mol. The number of ether oxygens (including phenoxy) is 1. The lowest BCUT2D eigenvalue weighted by Crippen LogP contribution is -2.52. The zero-order valence-electron chi connectivity index (χ0n) is 17.2. The summed E-state index contributed by atoms with van der Waals surface area (Å²) in [6.45, 7) is 0.925. The van der Waals surface area contributed by atoms with E-state index in [1.165, 1.54) is 6.07 Å². The molecule has 2 aromatic carbocycles. The highest BCUT2D eigenvalue weighted by molar-refractivity contribution is 5.81. The van der Waals surface area contributed by atoms with Crippen molar-refractivity contribution >= 4 is 11.8 Å². The molecule has 0 aliphatic carbocycles. The number of carbonyl (C=O) groups is 2. The number of likely N-dealkylation sites (tertiary alicyclic amines) is 1. The summed E-state index contributed by atoms with van der Waals surface area (Å²) in [5, 5.41) is 3.25. The number of methoxy groups -OCH3 is 1. The molecule has 2 heterocycles. The van der Waals surface area contributed by atoms with E-state index >= 15 is 0 Å². The van der Waals surface area contributed by atoms with Crippen LogP contribution in [0.5, 0.6) is 5.75 Å². The molecule has 2 saturated heterocycles. The van der Waals surface area contributed by atoms with Gasteiger partial charge in [0.1, 0.15) is 11.6 Å². The number of nitrogens with one attached hydrogen (secondary N) is 1. The van der Waals surface area contributed by atoms with Crippen molar-refractivity contribution in [2.75, 3.05) is 20.2 Å². The van der Waals surface area contributed by atoms with Crippen LogP contribution in [0, 0.1) is 5.82 Å². The lowest BCUT2D eigenvalue weighted by molar-refractivity contribution is -0.130. The minimum absolute atomic E-state index is 0.0154. The molecule has 0 radical (unpaired) electrons. The smallest absolute Gasteiger partial charge is 0.227 e. The molecule has 2 aromatic rings. The molecule has 0 aromatic heterocycles. The van der Waals surface area contributed by atoms with Crippen molar-refractivity contribution in [3.63, 3.8) is 0 Å². The van der Waals surface area contributed by atoms with Crippen LogP contribution in [0.1, 0.15) is 42.7 Å². The van der Waals surface area contributed by atoms with Crippen LogP contribution in [0.15, 0.2) is 48.5 Å². The van der Waals surface area contributed by atoms with Crippen molar-refractivity contribution in [3.05, 3.63) is 65.5 Å². The fourth-order valence-electron chi connectivity index (χ4n) is 4.81. The molecule has 1 N–H and O–H groups in total. The second-order valence-corrected chi connectivity index (χ2v) is 8.28. The molecule has 2 aliphatic rings. The topological polar surface area (TPSA) is 58.6 Å². The maximum atomic E-state index is 14.1. The van der Waals surface area contributed by atoms with Crippen molar-refractivity contribution in [1.29, 1.82) is 0 Å². The number of hydrogen-bond donors (Lipinski definition) is 1. The molecule has 0 saturated carbocycles. The molecule has 6 heteroatoms. The van der Waals surface area contributed by atoms with E-state index in [0.29, 0.717) is 25.1 Å². The van der Waals surface area contributed by atoms with E-state index < -0.39 is 5.54 Å². The van der Waals surface area contributed by atoms with Crippen molar-refractivity contribution in [2.24, 2.45) is 0 Å². The Kier molecular flexibility index (Phi) is 5.75. The summed E-state index contributed by atoms with van der Waals surface area (Å²) in [5.41, 5.74) is 0.925. The van der Waals surface area contributed by atoms with Gasteiger partial charge >= 0.3 is 0 Å². The monoisotopic (exact) mass is 410 g/mol. The highest BCUT2D eigenvalue weighted by Crippen LogP contribution is 2.41. The van der Waals surface area contributed by atoms with Crippen molar-refractivity contribution in [3.8, 4) is 5.75 Å². The van der Waals surface area contributed by atoms with E-state index in [2.05, 4.69) is 5.32 Å². The summed E-state index contributed by atoms with van der Waals surface area (Å²) < 4.78 is 19.5.